The molecule has 0 radical (unpaired) electrons. The minimum Gasteiger partial charge on any atom is -0.492 e. The van der Waals surface area contributed by atoms with E-state index in [1.54, 1.807) is 24.3 Å². The lowest BCUT2D eigenvalue weighted by Crippen LogP contribution is -2.14. The fraction of sp³-hybridized carbons (Fsp3) is 0.143. The lowest BCUT2D eigenvalue weighted by molar-refractivity contribution is 0.332. The van der Waals surface area contributed by atoms with Crippen LogP contribution in [0.3, 0.4) is 0 Å². The Morgan fingerprint density at radius 1 is 0.900 bits per heavy atom. The summed E-state index contributed by atoms with van der Waals surface area (Å²) in [5, 5.41) is 2.28. The molecule has 0 heterocycles. The van der Waals surface area contributed by atoms with Gasteiger partial charge in [0.2, 0.25) is 0 Å². The quantitative estimate of drug-likeness (QED) is 0.513. The number of halogens is 4. The molecule has 0 saturated heterocycles. The van der Waals surface area contributed by atoms with Crippen LogP contribution in [0.2, 0.25) is 0 Å². The molecule has 0 spiro atoms. The molecule has 106 valence electrons. The van der Waals surface area contributed by atoms with E-state index in [4.69, 9.17) is 4.74 Å². The van der Waals surface area contributed by atoms with Crippen molar-refractivity contribution in [3.63, 3.8) is 0 Å². The van der Waals surface area contributed by atoms with Crippen molar-refractivity contribution in [1.29, 1.82) is 0 Å². The summed E-state index contributed by atoms with van der Waals surface area (Å²) in [5.41, 5.74) is -0.834. The Kier molecular flexibility index (Phi) is 4.45. The molecule has 2 rings (SSSR count). The van der Waals surface area contributed by atoms with Gasteiger partial charge in [0, 0.05) is 12.6 Å². The predicted molar refractivity (Wildman–Crippen MR) is 66.7 cm³/mol. The zero-order valence-electron chi connectivity index (χ0n) is 10.3. The molecular weight excluding hydrogens is 274 g/mol. The summed E-state index contributed by atoms with van der Waals surface area (Å²) in [6, 6.07) is 8.93. The maximum atomic E-state index is 13.3. The normalized spacial score (nSPS) is 10.4. The average molecular weight is 285 g/mol. The molecule has 0 aromatic heterocycles. The first-order valence-corrected chi connectivity index (χ1v) is 5.84. The predicted octanol–water partition coefficient (Wildman–Crippen LogP) is 3.73. The summed E-state index contributed by atoms with van der Waals surface area (Å²) in [6.45, 7) is 0.0760. The molecule has 1 N–H and O–H groups in total. The molecule has 6 heteroatoms. The van der Waals surface area contributed by atoms with Crippen molar-refractivity contribution in [2.75, 3.05) is 18.5 Å². The van der Waals surface area contributed by atoms with Gasteiger partial charge in [-0.3, -0.25) is 0 Å². The molecule has 0 unspecified atom stereocenters. The third-order valence-electron chi connectivity index (χ3n) is 2.53. The van der Waals surface area contributed by atoms with E-state index in [0.29, 0.717) is 5.75 Å². The Morgan fingerprint density at radius 2 is 1.50 bits per heavy atom. The number of benzene rings is 2. The maximum absolute atomic E-state index is 13.3. The minimum absolute atomic E-state index is 0.00831. The second kappa shape index (κ2) is 6.27. The molecule has 0 aliphatic rings. The van der Waals surface area contributed by atoms with Gasteiger partial charge in [0.25, 0.3) is 0 Å². The first-order chi connectivity index (χ1) is 9.59. The second-order valence-corrected chi connectivity index (χ2v) is 3.93. The van der Waals surface area contributed by atoms with Gasteiger partial charge in [-0.25, -0.2) is 17.6 Å². The number of ether oxygens (including phenoxy) is 1. The molecule has 0 aliphatic heterocycles. The molecule has 20 heavy (non-hydrogen) atoms. The largest absolute Gasteiger partial charge is 0.492 e. The molecule has 0 fully saturated rings. The molecule has 0 bridgehead atoms. The Hall–Kier alpha value is -2.24. The van der Waals surface area contributed by atoms with Crippen molar-refractivity contribution >= 4 is 5.69 Å². The van der Waals surface area contributed by atoms with Gasteiger partial charge in [-0.05, 0) is 12.1 Å². The van der Waals surface area contributed by atoms with E-state index in [0.717, 1.165) is 0 Å². The molecule has 0 saturated carbocycles. The van der Waals surface area contributed by atoms with Crippen molar-refractivity contribution in [3.05, 3.63) is 59.7 Å². The Bertz CT molecular complexity index is 563. The summed E-state index contributed by atoms with van der Waals surface area (Å²) < 4.78 is 57.8. The van der Waals surface area contributed by atoms with Crippen LogP contribution in [0.5, 0.6) is 5.75 Å². The van der Waals surface area contributed by atoms with Crippen LogP contribution in [0.15, 0.2) is 36.4 Å². The molecule has 2 aromatic carbocycles. The summed E-state index contributed by atoms with van der Waals surface area (Å²) in [7, 11) is 0. The number of hydrogen-bond donors (Lipinski definition) is 1. The summed E-state index contributed by atoms with van der Waals surface area (Å²) in [4.78, 5) is 0. The lowest BCUT2D eigenvalue weighted by atomic mass is 10.2. The van der Waals surface area contributed by atoms with Gasteiger partial charge < -0.3 is 10.1 Å². The van der Waals surface area contributed by atoms with Crippen LogP contribution < -0.4 is 10.1 Å². The SMILES string of the molecule is Fc1cc(F)c(F)c(NCCOc2ccccc2)c1F. The number of para-hydroxylation sites is 1. The fourth-order valence-electron chi connectivity index (χ4n) is 1.59. The highest BCUT2D eigenvalue weighted by atomic mass is 19.2. The monoisotopic (exact) mass is 285 g/mol. The van der Waals surface area contributed by atoms with Gasteiger partial charge in [0.15, 0.2) is 23.3 Å². The van der Waals surface area contributed by atoms with Crippen LogP contribution in [0, 0.1) is 23.3 Å². The van der Waals surface area contributed by atoms with Crippen molar-refractivity contribution in [3.8, 4) is 5.75 Å². The first-order valence-electron chi connectivity index (χ1n) is 5.84. The van der Waals surface area contributed by atoms with E-state index in [1.807, 2.05) is 6.07 Å². The Morgan fingerprint density at radius 3 is 2.10 bits per heavy atom. The molecule has 0 atom stereocenters. The summed E-state index contributed by atoms with van der Waals surface area (Å²) in [5.74, 6) is -5.22. The van der Waals surface area contributed by atoms with E-state index in [9.17, 15) is 17.6 Å². The lowest BCUT2D eigenvalue weighted by Gasteiger charge is -2.11. The van der Waals surface area contributed by atoms with Crippen LogP contribution in [0.25, 0.3) is 0 Å². The number of rotatable bonds is 5. The molecule has 2 nitrogen and oxygen atoms in total. The highest BCUT2D eigenvalue weighted by Crippen LogP contribution is 2.23. The molecule has 2 aromatic rings. The van der Waals surface area contributed by atoms with Gasteiger partial charge in [0.1, 0.15) is 18.0 Å². The molecule has 0 amide bonds. The van der Waals surface area contributed by atoms with Crippen molar-refractivity contribution in [1.82, 2.24) is 0 Å². The Labute approximate surface area is 113 Å². The molecular formula is C14H11F4NO. The van der Waals surface area contributed by atoms with Gasteiger partial charge in [-0.2, -0.15) is 0 Å². The number of nitrogens with one attached hydrogen (secondary N) is 1. The maximum Gasteiger partial charge on any atom is 0.185 e. The highest BCUT2D eigenvalue weighted by molar-refractivity contribution is 5.47. The first kappa shape index (κ1) is 14.2. The average Bonchev–Trinajstić information content (AvgIpc) is 2.45. The van der Waals surface area contributed by atoms with Crippen LogP contribution in [0.1, 0.15) is 0 Å². The zero-order valence-corrected chi connectivity index (χ0v) is 10.3. The van der Waals surface area contributed by atoms with Crippen molar-refractivity contribution < 1.29 is 22.3 Å². The van der Waals surface area contributed by atoms with Gasteiger partial charge >= 0.3 is 0 Å². The summed E-state index contributed by atoms with van der Waals surface area (Å²) in [6.07, 6.45) is 0. The number of hydrogen-bond acceptors (Lipinski definition) is 2. The minimum atomic E-state index is -1.45. The van der Waals surface area contributed by atoms with Crippen molar-refractivity contribution in [2.24, 2.45) is 0 Å². The van der Waals surface area contributed by atoms with Crippen LogP contribution in [0.4, 0.5) is 23.2 Å². The second-order valence-electron chi connectivity index (χ2n) is 3.93. The summed E-state index contributed by atoms with van der Waals surface area (Å²) >= 11 is 0. The van der Waals surface area contributed by atoms with Crippen LogP contribution in [-0.2, 0) is 0 Å². The van der Waals surface area contributed by atoms with Crippen LogP contribution in [-0.4, -0.2) is 13.2 Å². The highest BCUT2D eigenvalue weighted by Gasteiger charge is 2.18. The Balaban J connectivity index is 1.95. The van der Waals surface area contributed by atoms with E-state index in [-0.39, 0.29) is 19.2 Å². The van der Waals surface area contributed by atoms with Crippen LogP contribution >= 0.6 is 0 Å². The van der Waals surface area contributed by atoms with E-state index in [1.165, 1.54) is 0 Å². The number of anilines is 1. The van der Waals surface area contributed by atoms with E-state index < -0.39 is 29.0 Å². The van der Waals surface area contributed by atoms with E-state index in [2.05, 4.69) is 5.32 Å². The third kappa shape index (κ3) is 3.20. The smallest absolute Gasteiger partial charge is 0.185 e. The molecule has 0 aliphatic carbocycles. The van der Waals surface area contributed by atoms with Crippen molar-refractivity contribution in [2.45, 2.75) is 0 Å². The zero-order chi connectivity index (χ0) is 14.5. The van der Waals surface area contributed by atoms with E-state index >= 15 is 0 Å². The van der Waals surface area contributed by atoms with Gasteiger partial charge in [-0.1, -0.05) is 18.2 Å². The standard InChI is InChI=1S/C14H11F4NO/c15-10-8-11(16)13(18)14(12(10)17)19-6-7-20-9-4-2-1-3-5-9/h1-5,8,19H,6-7H2. The topological polar surface area (TPSA) is 21.3 Å². The van der Waals surface area contributed by atoms with Gasteiger partial charge in [0.05, 0.1) is 0 Å². The van der Waals surface area contributed by atoms with Gasteiger partial charge in [-0.15, -0.1) is 0 Å². The third-order valence-corrected chi connectivity index (χ3v) is 2.53. The fourth-order valence-corrected chi connectivity index (χ4v) is 1.59.